The number of carbonyl (C=O) groups is 1. The Kier molecular flexibility index (Phi) is 7.42. The fourth-order valence-electron chi connectivity index (χ4n) is 3.24. The minimum Gasteiger partial charge on any atom is -0.507 e. The van der Waals surface area contributed by atoms with Crippen molar-refractivity contribution in [3.8, 4) is 11.4 Å². The van der Waals surface area contributed by atoms with Gasteiger partial charge >= 0.3 is 5.97 Å². The zero-order valence-electron chi connectivity index (χ0n) is 17.4. The molecule has 0 atom stereocenters. The van der Waals surface area contributed by atoms with Gasteiger partial charge in [0.05, 0.1) is 18.3 Å². The van der Waals surface area contributed by atoms with E-state index in [1.807, 2.05) is 36.5 Å². The zero-order valence-corrected chi connectivity index (χ0v) is 19.0. The number of aryl methyl sites for hydroxylation is 1. The third-order valence-corrected chi connectivity index (χ3v) is 5.35. The standard InChI is InChI=1S/C20H16FN3O2.C3H5BrO2/c1-12-15(20(26)23-19-16(21)7-8-17(25)18(12)19)11-13-3-5-14(6-4-13)24-10-2-9-22-24;1-6-3(5)2-4/h2-10,25H,11H2,1H3,(H,23,26);2H2,1H3. The van der Waals surface area contributed by atoms with Crippen LogP contribution in [0.4, 0.5) is 4.39 Å². The van der Waals surface area contributed by atoms with Crippen LogP contribution in [0.5, 0.6) is 5.75 Å². The van der Waals surface area contributed by atoms with Gasteiger partial charge in [-0.1, -0.05) is 28.1 Å². The predicted octanol–water partition coefficient (Wildman–Crippen LogP) is 4.01. The van der Waals surface area contributed by atoms with Crippen molar-refractivity contribution in [2.45, 2.75) is 13.3 Å². The number of hydrogen-bond acceptors (Lipinski definition) is 5. The van der Waals surface area contributed by atoms with Crippen LogP contribution < -0.4 is 5.56 Å². The number of hydrogen-bond donors (Lipinski definition) is 2. The minimum atomic E-state index is -0.562. The molecule has 32 heavy (non-hydrogen) atoms. The first-order valence-electron chi connectivity index (χ1n) is 9.60. The Morgan fingerprint density at radius 2 is 1.97 bits per heavy atom. The number of benzene rings is 2. The van der Waals surface area contributed by atoms with E-state index >= 15 is 0 Å². The van der Waals surface area contributed by atoms with Gasteiger partial charge < -0.3 is 14.8 Å². The second-order valence-corrected chi connectivity index (χ2v) is 7.44. The van der Waals surface area contributed by atoms with Gasteiger partial charge in [0.1, 0.15) is 16.9 Å². The molecule has 166 valence electrons. The number of phenolic OH excluding ortho intramolecular Hbond substituents is 1. The molecule has 4 aromatic rings. The van der Waals surface area contributed by atoms with Crippen molar-refractivity contribution >= 4 is 32.8 Å². The smallest absolute Gasteiger partial charge is 0.316 e. The minimum absolute atomic E-state index is 0.0327. The van der Waals surface area contributed by atoms with E-state index in [1.54, 1.807) is 17.8 Å². The Balaban J connectivity index is 0.000000427. The molecule has 0 aliphatic carbocycles. The highest BCUT2D eigenvalue weighted by molar-refractivity contribution is 9.09. The summed E-state index contributed by atoms with van der Waals surface area (Å²) >= 11 is 2.90. The molecule has 7 nitrogen and oxygen atoms in total. The number of nitrogens with zero attached hydrogens (tertiary/aromatic N) is 2. The van der Waals surface area contributed by atoms with E-state index in [0.717, 1.165) is 17.3 Å². The second-order valence-electron chi connectivity index (χ2n) is 6.88. The summed E-state index contributed by atoms with van der Waals surface area (Å²) in [5.74, 6) is -0.853. The van der Waals surface area contributed by atoms with Gasteiger partial charge in [0.15, 0.2) is 0 Å². The Hall–Kier alpha value is -3.46. The molecule has 0 saturated carbocycles. The summed E-state index contributed by atoms with van der Waals surface area (Å²) in [6, 6.07) is 12.0. The van der Waals surface area contributed by atoms with E-state index in [1.165, 1.54) is 13.2 Å². The van der Waals surface area contributed by atoms with Crippen molar-refractivity contribution in [1.29, 1.82) is 0 Å². The number of alkyl halides is 1. The normalized spacial score (nSPS) is 10.5. The average Bonchev–Trinajstić information content (AvgIpc) is 3.34. The summed E-state index contributed by atoms with van der Waals surface area (Å²) in [4.78, 5) is 24.9. The summed E-state index contributed by atoms with van der Waals surface area (Å²) in [6.07, 6.45) is 3.94. The topological polar surface area (TPSA) is 97.2 Å². The molecule has 2 aromatic carbocycles. The number of aromatic hydroxyl groups is 1. The molecule has 0 spiro atoms. The predicted molar refractivity (Wildman–Crippen MR) is 123 cm³/mol. The van der Waals surface area contributed by atoms with Crippen LogP contribution in [0.15, 0.2) is 59.7 Å². The maximum Gasteiger partial charge on any atom is 0.316 e. The highest BCUT2D eigenvalue weighted by Gasteiger charge is 2.15. The number of phenols is 1. The molecule has 0 unspecified atom stereocenters. The number of fused-ring (bicyclic) bond motifs is 1. The number of aromatic nitrogens is 3. The zero-order chi connectivity index (χ0) is 23.3. The largest absolute Gasteiger partial charge is 0.507 e. The second kappa shape index (κ2) is 10.2. The highest BCUT2D eigenvalue weighted by atomic mass is 79.9. The summed E-state index contributed by atoms with van der Waals surface area (Å²) in [6.45, 7) is 1.73. The number of nitrogens with one attached hydrogen (secondary N) is 1. The number of H-pyrrole nitrogens is 1. The van der Waals surface area contributed by atoms with E-state index in [-0.39, 0.29) is 28.1 Å². The van der Waals surface area contributed by atoms with E-state index < -0.39 is 5.82 Å². The lowest BCUT2D eigenvalue weighted by Gasteiger charge is -2.11. The molecule has 4 rings (SSSR count). The Labute approximate surface area is 191 Å². The summed E-state index contributed by atoms with van der Waals surface area (Å²) in [7, 11) is 1.35. The third kappa shape index (κ3) is 5.05. The highest BCUT2D eigenvalue weighted by Crippen LogP contribution is 2.29. The van der Waals surface area contributed by atoms with Crippen molar-refractivity contribution in [2.75, 3.05) is 12.4 Å². The first-order chi connectivity index (χ1) is 15.3. The van der Waals surface area contributed by atoms with Gasteiger partial charge in [-0.2, -0.15) is 5.10 Å². The van der Waals surface area contributed by atoms with Crippen LogP contribution in [0.1, 0.15) is 16.7 Å². The summed E-state index contributed by atoms with van der Waals surface area (Å²) < 4.78 is 19.9. The fraction of sp³-hybridized carbons (Fsp3) is 0.174. The van der Waals surface area contributed by atoms with Crippen LogP contribution >= 0.6 is 15.9 Å². The van der Waals surface area contributed by atoms with Gasteiger partial charge in [0, 0.05) is 29.8 Å². The van der Waals surface area contributed by atoms with Crippen molar-refractivity contribution in [3.63, 3.8) is 0 Å². The number of methoxy groups -OCH3 is 1. The third-order valence-electron chi connectivity index (χ3n) is 4.90. The molecular formula is C23H21BrFN3O4. The molecule has 0 radical (unpaired) electrons. The van der Waals surface area contributed by atoms with Crippen LogP contribution in [0, 0.1) is 12.7 Å². The van der Waals surface area contributed by atoms with E-state index in [0.29, 0.717) is 22.9 Å². The lowest BCUT2D eigenvalue weighted by molar-refractivity contribution is -0.137. The molecule has 0 amide bonds. The first-order valence-corrected chi connectivity index (χ1v) is 10.7. The number of carbonyl (C=O) groups excluding carboxylic acids is 1. The number of halogens is 2. The van der Waals surface area contributed by atoms with Crippen molar-refractivity contribution in [3.05, 3.63) is 87.7 Å². The number of rotatable bonds is 4. The Bertz CT molecular complexity index is 1280. The van der Waals surface area contributed by atoms with Crippen molar-refractivity contribution in [2.24, 2.45) is 0 Å². The average molecular weight is 502 g/mol. The van der Waals surface area contributed by atoms with Gasteiger partial charge in [0.2, 0.25) is 0 Å². The number of esters is 1. The molecule has 2 N–H and O–H groups in total. The molecule has 0 fully saturated rings. The van der Waals surface area contributed by atoms with Crippen molar-refractivity contribution < 1.29 is 19.0 Å². The molecule has 0 aliphatic rings. The number of ether oxygens (including phenoxy) is 1. The van der Waals surface area contributed by atoms with E-state index in [9.17, 15) is 19.1 Å². The molecule has 0 bridgehead atoms. The molecule has 2 heterocycles. The molecule has 9 heteroatoms. The lowest BCUT2D eigenvalue weighted by atomic mass is 9.98. The van der Waals surface area contributed by atoms with Crippen LogP contribution in [0.25, 0.3) is 16.6 Å². The van der Waals surface area contributed by atoms with E-state index in [4.69, 9.17) is 0 Å². The van der Waals surface area contributed by atoms with Crippen LogP contribution in [-0.2, 0) is 16.0 Å². The lowest BCUT2D eigenvalue weighted by Crippen LogP contribution is -2.16. The number of pyridine rings is 1. The summed E-state index contributed by atoms with van der Waals surface area (Å²) in [5, 5.41) is 14.9. The Morgan fingerprint density at radius 3 is 2.53 bits per heavy atom. The van der Waals surface area contributed by atoms with Gasteiger partial charge in [-0.15, -0.1) is 0 Å². The maximum atomic E-state index is 14.0. The molecular weight excluding hydrogens is 481 g/mol. The molecule has 0 saturated heterocycles. The monoisotopic (exact) mass is 501 g/mol. The van der Waals surface area contributed by atoms with Gasteiger partial charge in [-0.3, -0.25) is 9.59 Å². The van der Waals surface area contributed by atoms with Crippen LogP contribution in [0.2, 0.25) is 0 Å². The van der Waals surface area contributed by atoms with Gasteiger partial charge in [-0.05, 0) is 48.4 Å². The Morgan fingerprint density at radius 1 is 1.25 bits per heavy atom. The molecule has 2 aromatic heterocycles. The first kappa shape index (κ1) is 23.2. The van der Waals surface area contributed by atoms with Gasteiger partial charge in [0.25, 0.3) is 5.56 Å². The SMILES string of the molecule is COC(=O)CBr.Cc1c(Cc2ccc(-n3cccn3)cc2)c(=O)[nH]c2c(F)ccc(O)c12. The summed E-state index contributed by atoms with van der Waals surface area (Å²) in [5.41, 5.74) is 2.62. The van der Waals surface area contributed by atoms with Crippen LogP contribution in [0.3, 0.4) is 0 Å². The number of aromatic amines is 1. The maximum absolute atomic E-state index is 14.0. The van der Waals surface area contributed by atoms with Gasteiger partial charge in [-0.25, -0.2) is 9.07 Å². The molecule has 0 aliphatic heterocycles. The van der Waals surface area contributed by atoms with Crippen molar-refractivity contribution in [1.82, 2.24) is 14.8 Å². The fourth-order valence-corrected chi connectivity index (χ4v) is 3.47. The van der Waals surface area contributed by atoms with Crippen LogP contribution in [-0.4, -0.2) is 38.3 Å². The van der Waals surface area contributed by atoms with E-state index in [2.05, 4.69) is 30.7 Å². The quantitative estimate of drug-likeness (QED) is 0.325.